The summed E-state index contributed by atoms with van der Waals surface area (Å²) >= 11 is 0. The molecule has 0 radical (unpaired) electrons. The predicted molar refractivity (Wildman–Crippen MR) is 312 cm³/mol. The monoisotopic (exact) mass is 970 g/mol. The Morgan fingerprint density at radius 3 is 1.38 bits per heavy atom. The molecule has 11 aromatic carbocycles. The topological polar surface area (TPSA) is 66.6 Å². The minimum atomic E-state index is 0.563. The van der Waals surface area contributed by atoms with Crippen molar-refractivity contribution >= 4 is 87.4 Å². The van der Waals surface area contributed by atoms with Gasteiger partial charge in [0, 0.05) is 71.2 Å². The van der Waals surface area contributed by atoms with E-state index >= 15 is 0 Å². The van der Waals surface area contributed by atoms with E-state index in [4.69, 9.17) is 19.4 Å². The zero-order valence-corrected chi connectivity index (χ0v) is 40.8. The van der Waals surface area contributed by atoms with Crippen molar-refractivity contribution in [2.45, 2.75) is 0 Å². The first-order valence-corrected chi connectivity index (χ1v) is 25.7. The Morgan fingerprint density at radius 1 is 0.276 bits per heavy atom. The van der Waals surface area contributed by atoms with Crippen molar-refractivity contribution in [1.82, 2.24) is 28.7 Å². The number of rotatable bonds is 7. The molecule has 0 saturated heterocycles. The van der Waals surface area contributed by atoms with E-state index in [1.807, 2.05) is 30.3 Å². The van der Waals surface area contributed by atoms with Crippen LogP contribution in [0.2, 0.25) is 0 Å². The maximum atomic E-state index is 7.15. The maximum Gasteiger partial charge on any atom is 0.164 e. The molecule has 354 valence electrons. The van der Waals surface area contributed by atoms with E-state index < -0.39 is 0 Å². The molecule has 0 bridgehead atoms. The molecule has 76 heavy (non-hydrogen) atoms. The quantitative estimate of drug-likeness (QED) is 0.160. The number of furan rings is 1. The van der Waals surface area contributed by atoms with Gasteiger partial charge in [-0.3, -0.25) is 0 Å². The highest BCUT2D eigenvalue weighted by Gasteiger charge is 2.25. The average Bonchev–Trinajstić information content (AvgIpc) is 4.43. The van der Waals surface area contributed by atoms with Crippen molar-refractivity contribution in [2.24, 2.45) is 0 Å². The Morgan fingerprint density at radius 2 is 0.724 bits per heavy atom. The van der Waals surface area contributed by atoms with Gasteiger partial charge in [0.15, 0.2) is 23.1 Å². The predicted octanol–water partition coefficient (Wildman–Crippen LogP) is 17.7. The lowest BCUT2D eigenvalue weighted by Gasteiger charge is -2.13. The maximum absolute atomic E-state index is 7.15. The number of hydrogen-bond acceptors (Lipinski definition) is 4. The fourth-order valence-electron chi connectivity index (χ4n) is 11.9. The van der Waals surface area contributed by atoms with E-state index in [-0.39, 0.29) is 0 Å². The van der Waals surface area contributed by atoms with Crippen LogP contribution in [0.5, 0.6) is 0 Å². The Hall–Kier alpha value is -10.4. The van der Waals surface area contributed by atoms with Gasteiger partial charge in [-0.15, -0.1) is 0 Å². The van der Waals surface area contributed by atoms with Crippen molar-refractivity contribution in [2.75, 3.05) is 0 Å². The molecule has 0 saturated carbocycles. The van der Waals surface area contributed by atoms with Crippen LogP contribution >= 0.6 is 0 Å². The molecule has 0 aliphatic carbocycles. The molecule has 0 atom stereocenters. The third kappa shape index (κ3) is 6.39. The van der Waals surface area contributed by atoms with Crippen molar-refractivity contribution in [3.05, 3.63) is 255 Å². The third-order valence-electron chi connectivity index (χ3n) is 15.3. The molecular formula is C69H42N6O. The van der Waals surface area contributed by atoms with Gasteiger partial charge in [0.1, 0.15) is 5.58 Å². The number of hydrogen-bond donors (Lipinski definition) is 0. The van der Waals surface area contributed by atoms with Gasteiger partial charge >= 0.3 is 0 Å². The first-order chi connectivity index (χ1) is 37.7. The molecule has 0 aliphatic heterocycles. The highest BCUT2D eigenvalue weighted by atomic mass is 16.3. The highest BCUT2D eigenvalue weighted by molar-refractivity contribution is 6.21. The minimum Gasteiger partial charge on any atom is -0.454 e. The molecule has 16 aromatic rings. The Kier molecular flexibility index (Phi) is 9.20. The van der Waals surface area contributed by atoms with Crippen LogP contribution in [0.1, 0.15) is 0 Å². The molecule has 0 N–H and O–H groups in total. The van der Waals surface area contributed by atoms with Crippen molar-refractivity contribution in [3.8, 4) is 62.4 Å². The van der Waals surface area contributed by atoms with Crippen LogP contribution in [-0.2, 0) is 0 Å². The summed E-state index contributed by atoms with van der Waals surface area (Å²) in [5, 5.41) is 8.97. The van der Waals surface area contributed by atoms with Crippen LogP contribution in [0.4, 0.5) is 0 Å². The fourth-order valence-corrected chi connectivity index (χ4v) is 11.9. The summed E-state index contributed by atoms with van der Waals surface area (Å²) in [6.45, 7) is 0. The SMILES string of the molecule is c1ccc(-c2ccc(-c3nc(-c4ccccc4)nc(-c4ccc(-n5c6ccc(-n7c8ccccc8c8ccccc87)cc6c6cc7c(cc65)c5ccccc5n7-c5ccccc5)c5oc6ccccc6c45)n3)cc2)cc1. The number of nitrogens with zero attached hydrogens (tertiary/aromatic N) is 6. The van der Waals surface area contributed by atoms with Gasteiger partial charge in [-0.1, -0.05) is 176 Å². The summed E-state index contributed by atoms with van der Waals surface area (Å²) in [5.74, 6) is 1.75. The normalized spacial score (nSPS) is 11.9. The lowest BCUT2D eigenvalue weighted by Crippen LogP contribution is -2.01. The molecular weight excluding hydrogens is 929 g/mol. The van der Waals surface area contributed by atoms with Crippen LogP contribution in [0, 0.1) is 0 Å². The summed E-state index contributed by atoms with van der Waals surface area (Å²) in [5.41, 5.74) is 16.3. The minimum absolute atomic E-state index is 0.563. The number of fused-ring (bicyclic) bond motifs is 12. The zero-order chi connectivity index (χ0) is 49.8. The molecule has 5 heterocycles. The van der Waals surface area contributed by atoms with Gasteiger partial charge in [0.25, 0.3) is 0 Å². The lowest BCUT2D eigenvalue weighted by molar-refractivity contribution is 0.666. The Bertz CT molecular complexity index is 4920. The van der Waals surface area contributed by atoms with Crippen molar-refractivity contribution < 1.29 is 4.42 Å². The first kappa shape index (κ1) is 42.2. The molecule has 7 heteroatoms. The van der Waals surface area contributed by atoms with Gasteiger partial charge in [-0.2, -0.15) is 0 Å². The van der Waals surface area contributed by atoms with Crippen LogP contribution in [-0.4, -0.2) is 28.7 Å². The van der Waals surface area contributed by atoms with Crippen molar-refractivity contribution in [3.63, 3.8) is 0 Å². The number of aromatic nitrogens is 6. The molecule has 5 aromatic heterocycles. The van der Waals surface area contributed by atoms with Gasteiger partial charge in [-0.25, -0.2) is 15.0 Å². The van der Waals surface area contributed by atoms with E-state index in [9.17, 15) is 0 Å². The van der Waals surface area contributed by atoms with E-state index in [0.717, 1.165) is 99.7 Å². The third-order valence-corrected chi connectivity index (χ3v) is 15.3. The number of para-hydroxylation sites is 5. The fraction of sp³-hybridized carbons (Fsp3) is 0. The average molecular weight is 971 g/mol. The molecule has 0 spiro atoms. The van der Waals surface area contributed by atoms with Crippen molar-refractivity contribution in [1.29, 1.82) is 0 Å². The van der Waals surface area contributed by atoms with Gasteiger partial charge in [-0.05, 0) is 90.0 Å². The smallest absolute Gasteiger partial charge is 0.164 e. The summed E-state index contributed by atoms with van der Waals surface area (Å²) in [6, 6.07) is 90.3. The van der Waals surface area contributed by atoms with Crippen LogP contribution < -0.4 is 0 Å². The van der Waals surface area contributed by atoms with Crippen LogP contribution in [0.25, 0.3) is 150 Å². The summed E-state index contributed by atoms with van der Waals surface area (Å²) in [4.78, 5) is 15.7. The summed E-state index contributed by atoms with van der Waals surface area (Å²) in [6.07, 6.45) is 0. The Labute approximate surface area is 435 Å². The standard InChI is InChI=1S/C69H42N6O/c1-4-18-43(19-5-1)44-32-34-46(35-33-44)68-70-67(45-20-6-2-7-21-45)71-69(72-68)53-37-39-61(66-65(53)52-27-13-17-31-64(52)76-66)75-60-38-36-48(74-57-28-14-10-24-49(57)50-25-11-15-29-58(50)74)40-54(60)56-42-62-55(41-63(56)75)51-26-12-16-30-59(51)73(62)47-22-8-3-9-23-47/h1-42H. The van der Waals surface area contributed by atoms with Crippen LogP contribution in [0.3, 0.4) is 0 Å². The second-order valence-corrected chi connectivity index (χ2v) is 19.5. The van der Waals surface area contributed by atoms with E-state index in [1.165, 1.54) is 32.6 Å². The second kappa shape index (κ2) is 16.6. The summed E-state index contributed by atoms with van der Waals surface area (Å²) < 4.78 is 14.4. The second-order valence-electron chi connectivity index (χ2n) is 19.5. The summed E-state index contributed by atoms with van der Waals surface area (Å²) in [7, 11) is 0. The van der Waals surface area contributed by atoms with Gasteiger partial charge < -0.3 is 18.1 Å². The largest absolute Gasteiger partial charge is 0.454 e. The van der Waals surface area contributed by atoms with Gasteiger partial charge in [0.05, 0.1) is 38.8 Å². The highest BCUT2D eigenvalue weighted by Crippen LogP contribution is 2.45. The molecule has 0 unspecified atom stereocenters. The number of benzene rings is 11. The van der Waals surface area contributed by atoms with Gasteiger partial charge in [0.2, 0.25) is 0 Å². The molecule has 0 aliphatic rings. The molecule has 0 fully saturated rings. The molecule has 7 nitrogen and oxygen atoms in total. The van der Waals surface area contributed by atoms with E-state index in [1.54, 1.807) is 0 Å². The van der Waals surface area contributed by atoms with E-state index in [0.29, 0.717) is 17.5 Å². The Balaban J connectivity index is 0.973. The first-order valence-electron chi connectivity index (χ1n) is 25.7. The molecule has 16 rings (SSSR count). The molecule has 0 amide bonds. The van der Waals surface area contributed by atoms with E-state index in [2.05, 4.69) is 238 Å². The lowest BCUT2D eigenvalue weighted by atomic mass is 10.0. The van der Waals surface area contributed by atoms with Crippen LogP contribution in [0.15, 0.2) is 259 Å². The zero-order valence-electron chi connectivity index (χ0n) is 40.8.